The molecular formula is C10H14F2N2O5S. The van der Waals surface area contributed by atoms with Gasteiger partial charge in [0.25, 0.3) is 21.9 Å². The predicted octanol–water partition coefficient (Wildman–Crippen LogP) is -0.113. The van der Waals surface area contributed by atoms with E-state index >= 15 is 0 Å². The molecular weight excluding hydrogens is 298 g/mol. The Balaban J connectivity index is 2.81. The van der Waals surface area contributed by atoms with Crippen molar-refractivity contribution in [1.82, 2.24) is 9.62 Å². The highest BCUT2D eigenvalue weighted by Crippen LogP contribution is 2.17. The van der Waals surface area contributed by atoms with Crippen molar-refractivity contribution in [2.24, 2.45) is 0 Å². The molecule has 1 aromatic rings. The Morgan fingerprint density at radius 3 is 2.55 bits per heavy atom. The van der Waals surface area contributed by atoms with Gasteiger partial charge in [-0.2, -0.15) is 0 Å². The maximum absolute atomic E-state index is 12.7. The molecule has 0 radical (unpaired) electrons. The Morgan fingerprint density at radius 1 is 1.45 bits per heavy atom. The quantitative estimate of drug-likeness (QED) is 0.763. The van der Waals surface area contributed by atoms with Crippen molar-refractivity contribution in [3.05, 3.63) is 17.9 Å². The number of halogens is 2. The lowest BCUT2D eigenvalue weighted by molar-refractivity contribution is -0.0463. The van der Waals surface area contributed by atoms with E-state index in [1.807, 2.05) is 5.32 Å². The highest BCUT2D eigenvalue weighted by Gasteiger charge is 2.29. The minimum absolute atomic E-state index is 0.417. The number of nitrogens with one attached hydrogen (secondary N) is 1. The first-order valence-corrected chi connectivity index (χ1v) is 6.83. The SMILES string of the molecule is CN(C)S(=O)(=O)c1ccc(C(=O)NCC(F)(F)CO)o1. The monoisotopic (exact) mass is 312 g/mol. The minimum Gasteiger partial charge on any atom is -0.438 e. The third-order valence-corrected chi connectivity index (χ3v) is 3.97. The van der Waals surface area contributed by atoms with E-state index in [1.54, 1.807) is 0 Å². The molecule has 0 fully saturated rings. The predicted molar refractivity (Wildman–Crippen MR) is 63.9 cm³/mol. The second-order valence-corrected chi connectivity index (χ2v) is 6.19. The van der Waals surface area contributed by atoms with E-state index in [1.165, 1.54) is 14.1 Å². The van der Waals surface area contributed by atoms with Gasteiger partial charge in [0.15, 0.2) is 5.76 Å². The largest absolute Gasteiger partial charge is 0.438 e. The first-order chi connectivity index (χ1) is 9.10. The van der Waals surface area contributed by atoms with Crippen LogP contribution in [-0.4, -0.2) is 56.9 Å². The van der Waals surface area contributed by atoms with Gasteiger partial charge in [-0.3, -0.25) is 4.79 Å². The van der Waals surface area contributed by atoms with Gasteiger partial charge in [0.05, 0.1) is 6.54 Å². The highest BCUT2D eigenvalue weighted by atomic mass is 32.2. The molecule has 1 heterocycles. The van der Waals surface area contributed by atoms with Crippen molar-refractivity contribution in [3.8, 4) is 0 Å². The lowest BCUT2D eigenvalue weighted by atomic mass is 10.3. The van der Waals surface area contributed by atoms with Crippen LogP contribution in [0.1, 0.15) is 10.6 Å². The van der Waals surface area contributed by atoms with Gasteiger partial charge in [0.1, 0.15) is 6.61 Å². The maximum atomic E-state index is 12.7. The third kappa shape index (κ3) is 3.74. The molecule has 0 aromatic carbocycles. The summed E-state index contributed by atoms with van der Waals surface area (Å²) in [5.74, 6) is -4.88. The molecule has 114 valence electrons. The standard InChI is InChI=1S/C10H14F2N2O5S/c1-14(2)20(17,18)8-4-3-7(19-8)9(16)13-5-10(11,12)6-15/h3-4,15H,5-6H2,1-2H3,(H,13,16). The van der Waals surface area contributed by atoms with Gasteiger partial charge in [-0.15, -0.1) is 0 Å². The molecule has 7 nitrogen and oxygen atoms in total. The van der Waals surface area contributed by atoms with Gasteiger partial charge < -0.3 is 14.8 Å². The Kier molecular flexibility index (Phi) is 4.84. The van der Waals surface area contributed by atoms with E-state index in [-0.39, 0.29) is 0 Å². The van der Waals surface area contributed by atoms with Gasteiger partial charge >= 0.3 is 0 Å². The van der Waals surface area contributed by atoms with Gasteiger partial charge in [-0.05, 0) is 12.1 Å². The molecule has 0 spiro atoms. The summed E-state index contributed by atoms with van der Waals surface area (Å²) in [6, 6.07) is 2.11. The molecule has 0 atom stereocenters. The summed E-state index contributed by atoms with van der Waals surface area (Å²) >= 11 is 0. The number of rotatable bonds is 6. The first-order valence-electron chi connectivity index (χ1n) is 5.39. The van der Waals surface area contributed by atoms with E-state index in [9.17, 15) is 22.0 Å². The van der Waals surface area contributed by atoms with Crippen molar-refractivity contribution in [1.29, 1.82) is 0 Å². The molecule has 2 N–H and O–H groups in total. The number of carbonyl (C=O) groups is 1. The van der Waals surface area contributed by atoms with Gasteiger partial charge in [0, 0.05) is 14.1 Å². The van der Waals surface area contributed by atoms with Gasteiger partial charge in [-0.25, -0.2) is 21.5 Å². The minimum atomic E-state index is -3.84. The summed E-state index contributed by atoms with van der Waals surface area (Å²) in [5.41, 5.74) is 0. The summed E-state index contributed by atoms with van der Waals surface area (Å²) in [7, 11) is -1.28. The molecule has 0 aliphatic heterocycles. The molecule has 0 saturated heterocycles. The summed E-state index contributed by atoms with van der Waals surface area (Å²) in [6.07, 6.45) is 0. The number of aliphatic hydroxyl groups excluding tert-OH is 1. The van der Waals surface area contributed by atoms with Gasteiger partial charge in [-0.1, -0.05) is 0 Å². The lowest BCUT2D eigenvalue weighted by Crippen LogP contribution is -2.38. The summed E-state index contributed by atoms with van der Waals surface area (Å²) in [4.78, 5) is 11.5. The summed E-state index contributed by atoms with van der Waals surface area (Å²) in [5, 5.41) is 9.70. The second kappa shape index (κ2) is 5.85. The van der Waals surface area contributed by atoms with Crippen LogP contribution in [0, 0.1) is 0 Å². The zero-order valence-corrected chi connectivity index (χ0v) is 11.6. The number of hydrogen-bond donors (Lipinski definition) is 2. The maximum Gasteiger partial charge on any atom is 0.287 e. The van der Waals surface area contributed by atoms with Crippen LogP contribution in [0.3, 0.4) is 0 Å². The number of sulfonamides is 1. The Hall–Kier alpha value is -1.52. The Bertz CT molecular complexity index is 582. The smallest absolute Gasteiger partial charge is 0.287 e. The van der Waals surface area contributed by atoms with Crippen molar-refractivity contribution >= 4 is 15.9 Å². The Morgan fingerprint density at radius 2 is 2.05 bits per heavy atom. The van der Waals surface area contributed by atoms with E-state index in [4.69, 9.17) is 9.52 Å². The number of alkyl halides is 2. The Labute approximate surface area is 114 Å². The van der Waals surface area contributed by atoms with Crippen molar-refractivity contribution in [2.75, 3.05) is 27.2 Å². The number of nitrogens with zero attached hydrogens (tertiary/aromatic N) is 1. The molecule has 0 aliphatic carbocycles. The zero-order valence-electron chi connectivity index (χ0n) is 10.8. The fraction of sp³-hybridized carbons (Fsp3) is 0.500. The second-order valence-electron chi connectivity index (χ2n) is 4.10. The highest BCUT2D eigenvalue weighted by molar-refractivity contribution is 7.88. The number of aliphatic hydroxyl groups is 1. The van der Waals surface area contributed by atoms with Crippen molar-refractivity contribution in [2.45, 2.75) is 11.0 Å². The summed E-state index contributed by atoms with van der Waals surface area (Å²) < 4.78 is 54.5. The normalized spacial score (nSPS) is 12.7. The van der Waals surface area contributed by atoms with Crippen LogP contribution < -0.4 is 5.32 Å². The molecule has 1 rings (SSSR count). The van der Waals surface area contributed by atoms with E-state index in [2.05, 4.69) is 0 Å². The molecule has 1 amide bonds. The van der Waals surface area contributed by atoms with Crippen LogP contribution in [0.2, 0.25) is 0 Å². The summed E-state index contributed by atoms with van der Waals surface area (Å²) in [6.45, 7) is -2.50. The van der Waals surface area contributed by atoms with Crippen molar-refractivity contribution in [3.63, 3.8) is 0 Å². The molecule has 0 aliphatic rings. The topological polar surface area (TPSA) is 99.9 Å². The van der Waals surface area contributed by atoms with Gasteiger partial charge in [0.2, 0.25) is 5.09 Å². The molecule has 0 unspecified atom stereocenters. The fourth-order valence-electron chi connectivity index (χ4n) is 1.11. The van der Waals surface area contributed by atoms with Crippen LogP contribution in [0.15, 0.2) is 21.6 Å². The van der Waals surface area contributed by atoms with E-state index < -0.39 is 45.9 Å². The molecule has 10 heteroatoms. The molecule has 1 aromatic heterocycles. The number of carbonyl (C=O) groups excluding carboxylic acids is 1. The number of hydrogen-bond acceptors (Lipinski definition) is 5. The van der Waals surface area contributed by atoms with Crippen LogP contribution in [-0.2, 0) is 10.0 Å². The van der Waals surface area contributed by atoms with E-state index in [0.717, 1.165) is 16.4 Å². The lowest BCUT2D eigenvalue weighted by Gasteiger charge is -2.13. The van der Waals surface area contributed by atoms with E-state index in [0.29, 0.717) is 0 Å². The first kappa shape index (κ1) is 16.5. The molecule has 20 heavy (non-hydrogen) atoms. The van der Waals surface area contributed by atoms with Crippen molar-refractivity contribution < 1.29 is 31.5 Å². The van der Waals surface area contributed by atoms with Crippen LogP contribution in [0.4, 0.5) is 8.78 Å². The number of furan rings is 1. The van der Waals surface area contributed by atoms with Crippen LogP contribution >= 0.6 is 0 Å². The molecule has 0 bridgehead atoms. The van der Waals surface area contributed by atoms with Crippen LogP contribution in [0.25, 0.3) is 0 Å². The number of amides is 1. The fourth-order valence-corrected chi connectivity index (χ4v) is 1.91. The zero-order chi connectivity index (χ0) is 15.6. The molecule has 0 saturated carbocycles. The van der Waals surface area contributed by atoms with Crippen LogP contribution in [0.5, 0.6) is 0 Å². The average molecular weight is 312 g/mol. The third-order valence-electron chi connectivity index (χ3n) is 2.28. The average Bonchev–Trinajstić information content (AvgIpc) is 2.86.